The molecule has 0 aromatic heterocycles. The maximum atomic E-state index is 9.72. The summed E-state index contributed by atoms with van der Waals surface area (Å²) in [6.07, 6.45) is 26.5. The van der Waals surface area contributed by atoms with E-state index in [0.717, 1.165) is 29.1 Å². The molecule has 0 saturated heterocycles. The summed E-state index contributed by atoms with van der Waals surface area (Å²) in [4.78, 5) is 20.3. The van der Waals surface area contributed by atoms with Crippen molar-refractivity contribution in [2.75, 3.05) is 0 Å². The van der Waals surface area contributed by atoms with Crippen LogP contribution in [0.2, 0.25) is 0 Å². The van der Waals surface area contributed by atoms with E-state index in [1.807, 2.05) is 6.07 Å². The quantitative estimate of drug-likeness (QED) is 0.119. The Hall–Kier alpha value is 0.140. The molecule has 0 heterocycles. The van der Waals surface area contributed by atoms with Crippen molar-refractivity contribution >= 4 is 28.9 Å². The fourth-order valence-electron chi connectivity index (χ4n) is 4.53. The van der Waals surface area contributed by atoms with Crippen LogP contribution in [-0.2, 0) is 24.6 Å². The number of unbranched alkanes of at least 4 members (excludes halogenated alkanes) is 16. The van der Waals surface area contributed by atoms with Gasteiger partial charge < -0.3 is 9.79 Å². The van der Waals surface area contributed by atoms with Gasteiger partial charge in [0.2, 0.25) is 5.69 Å². The molecule has 1 rings (SSSR count). The highest BCUT2D eigenvalue weighted by molar-refractivity contribution is 8.67. The van der Waals surface area contributed by atoms with Crippen LogP contribution in [0.5, 0.6) is 0 Å². The molecule has 0 radical (unpaired) electrons. The van der Waals surface area contributed by atoms with Gasteiger partial charge in [-0.2, -0.15) is 0 Å². The van der Waals surface area contributed by atoms with Crippen LogP contribution in [0, 0.1) is 0 Å². The van der Waals surface area contributed by atoms with Gasteiger partial charge in [0.05, 0.1) is 0 Å². The van der Waals surface area contributed by atoms with Crippen LogP contribution in [0.15, 0.2) is 23.1 Å². The van der Waals surface area contributed by atoms with Crippen molar-refractivity contribution in [2.45, 2.75) is 147 Å². The van der Waals surface area contributed by atoms with Crippen molar-refractivity contribution in [1.82, 2.24) is 0 Å². The van der Waals surface area contributed by atoms with E-state index >= 15 is 0 Å². The molecule has 0 aliphatic heterocycles. The molecule has 0 fully saturated rings. The van der Waals surface area contributed by atoms with Gasteiger partial charge in [-0.25, -0.2) is 0 Å². The largest absolute Gasteiger partial charge is 0.337 e. The third kappa shape index (κ3) is 18.1. The van der Waals surface area contributed by atoms with E-state index in [9.17, 15) is 9.79 Å². The van der Waals surface area contributed by atoms with Crippen LogP contribution in [0.25, 0.3) is 0 Å². The minimum Gasteiger partial charge on any atom is -0.337 e. The summed E-state index contributed by atoms with van der Waals surface area (Å²) >= 11 is 5.91. The van der Waals surface area contributed by atoms with E-state index in [1.54, 1.807) is 0 Å². The molecule has 192 valence electrons. The summed E-state index contributed by atoms with van der Waals surface area (Å²) in [7, 11) is 0. The van der Waals surface area contributed by atoms with E-state index in [-0.39, 0.29) is 0 Å². The van der Waals surface area contributed by atoms with Gasteiger partial charge in [0.1, 0.15) is 0 Å². The number of aryl methyl sites for hydroxylation is 2. The zero-order valence-electron chi connectivity index (χ0n) is 21.5. The maximum Gasteiger partial charge on any atom is 0.246 e. The molecule has 2 N–H and O–H groups in total. The Labute approximate surface area is 214 Å². The topological polar surface area (TPSA) is 40.5 Å². The van der Waals surface area contributed by atoms with Crippen LogP contribution in [0.1, 0.15) is 141 Å². The number of rotatable bonds is 22. The monoisotopic (exact) mass is 514 g/mol. The van der Waals surface area contributed by atoms with E-state index in [4.69, 9.17) is 11.8 Å². The molecule has 0 saturated carbocycles. The van der Waals surface area contributed by atoms with Crippen LogP contribution >= 0.6 is 17.1 Å². The fraction of sp³-hybridized carbons (Fsp3) is 0.786. The second kappa shape index (κ2) is 20.3. The molecule has 0 amide bonds. The van der Waals surface area contributed by atoms with E-state index in [2.05, 4.69) is 26.0 Å². The Kier molecular flexibility index (Phi) is 19.2. The van der Waals surface area contributed by atoms with Crippen molar-refractivity contribution in [1.29, 1.82) is 0 Å². The van der Waals surface area contributed by atoms with Gasteiger partial charge in [-0.1, -0.05) is 123 Å². The lowest BCUT2D eigenvalue weighted by atomic mass is 9.96. The molecule has 2 nitrogen and oxygen atoms in total. The second-order valence-corrected chi connectivity index (χ2v) is 15.6. The normalized spacial score (nSPS) is 11.9. The third-order valence-electron chi connectivity index (χ3n) is 6.50. The molecular formula is C28H51O2PS2. The molecule has 0 aliphatic carbocycles. The molecule has 0 unspecified atom stereocenters. The van der Waals surface area contributed by atoms with Crippen LogP contribution < -0.4 is 0 Å². The first-order chi connectivity index (χ1) is 16.0. The SMILES string of the molecule is CCCCCCCCCCCc1ccc(SP(O)(O)=S)cc1CCCCCCCCCCC. The predicted molar refractivity (Wildman–Crippen MR) is 153 cm³/mol. The molecule has 5 heteroatoms. The third-order valence-corrected chi connectivity index (χ3v) is 9.22. The average Bonchev–Trinajstić information content (AvgIpc) is 2.77. The first-order valence-electron chi connectivity index (χ1n) is 13.8. The van der Waals surface area contributed by atoms with E-state index < -0.39 is 5.69 Å². The molecular weight excluding hydrogens is 463 g/mol. The van der Waals surface area contributed by atoms with Gasteiger partial charge in [-0.05, 0) is 72.1 Å². The lowest BCUT2D eigenvalue weighted by Gasteiger charge is -2.13. The summed E-state index contributed by atoms with van der Waals surface area (Å²) in [6, 6.07) is 6.41. The highest BCUT2D eigenvalue weighted by Gasteiger charge is 2.12. The van der Waals surface area contributed by atoms with Crippen LogP contribution in [-0.4, -0.2) is 9.79 Å². The van der Waals surface area contributed by atoms with Crippen LogP contribution in [0.4, 0.5) is 0 Å². The average molecular weight is 515 g/mol. The highest BCUT2D eigenvalue weighted by Crippen LogP contribution is 2.55. The predicted octanol–water partition coefficient (Wildman–Crippen LogP) is 10.1. The minimum absolute atomic E-state index is 0.907. The van der Waals surface area contributed by atoms with Crippen molar-refractivity contribution in [3.05, 3.63) is 29.3 Å². The summed E-state index contributed by atoms with van der Waals surface area (Å²) in [5, 5.41) is 0. The molecule has 1 aromatic carbocycles. The van der Waals surface area contributed by atoms with E-state index in [0.29, 0.717) is 0 Å². The second-order valence-electron chi connectivity index (χ2n) is 9.67. The molecule has 1 aromatic rings. The molecule has 0 bridgehead atoms. The summed E-state index contributed by atoms with van der Waals surface area (Å²) in [6.45, 7) is 4.55. The van der Waals surface area contributed by atoms with Crippen molar-refractivity contribution < 1.29 is 9.79 Å². The Morgan fingerprint density at radius 1 is 0.606 bits per heavy atom. The van der Waals surface area contributed by atoms with Gasteiger partial charge >= 0.3 is 0 Å². The number of hydrogen-bond donors (Lipinski definition) is 2. The number of hydrogen-bond acceptors (Lipinski definition) is 2. The molecule has 33 heavy (non-hydrogen) atoms. The lowest BCUT2D eigenvalue weighted by Crippen LogP contribution is -1.97. The lowest BCUT2D eigenvalue weighted by molar-refractivity contribution is 0.502. The first kappa shape index (κ1) is 31.2. The Balaban J connectivity index is 2.41. The first-order valence-corrected chi connectivity index (χ1v) is 18.0. The molecule has 0 spiro atoms. The maximum absolute atomic E-state index is 9.72. The van der Waals surface area contributed by atoms with Crippen molar-refractivity contribution in [2.24, 2.45) is 0 Å². The smallest absolute Gasteiger partial charge is 0.246 e. The zero-order chi connectivity index (χ0) is 24.2. The summed E-state index contributed by atoms with van der Waals surface area (Å²) in [5.74, 6) is 0. The van der Waals surface area contributed by atoms with Gasteiger partial charge in [-0.15, -0.1) is 0 Å². The van der Waals surface area contributed by atoms with Gasteiger partial charge in [0.25, 0.3) is 0 Å². The zero-order valence-corrected chi connectivity index (χ0v) is 24.1. The Morgan fingerprint density at radius 3 is 1.42 bits per heavy atom. The Bertz CT molecular complexity index is 645. The van der Waals surface area contributed by atoms with Gasteiger partial charge in [0.15, 0.2) is 0 Å². The summed E-state index contributed by atoms with van der Waals surface area (Å²) in [5.41, 5.74) is -0.425. The standard InChI is InChI=1S/C28H51O2PS2/c1-3-5-7-9-11-13-15-17-19-21-26-23-24-28(33-31(29,30)32)25-27(26)22-20-18-16-14-12-10-8-6-4-2/h23-25H,3-22H2,1-2H3,(H2,29,30,32). The minimum atomic E-state index is -3.27. The summed E-state index contributed by atoms with van der Waals surface area (Å²) < 4.78 is 0. The number of benzene rings is 1. The van der Waals surface area contributed by atoms with Gasteiger partial charge in [0, 0.05) is 4.90 Å². The fourth-order valence-corrected chi connectivity index (χ4v) is 7.06. The highest BCUT2D eigenvalue weighted by atomic mass is 32.9. The van der Waals surface area contributed by atoms with Gasteiger partial charge in [-0.3, -0.25) is 0 Å². The van der Waals surface area contributed by atoms with Crippen molar-refractivity contribution in [3.63, 3.8) is 0 Å². The van der Waals surface area contributed by atoms with Crippen LogP contribution in [0.3, 0.4) is 0 Å². The Morgan fingerprint density at radius 2 is 1.00 bits per heavy atom. The van der Waals surface area contributed by atoms with E-state index in [1.165, 1.54) is 127 Å². The molecule has 0 aliphatic rings. The van der Waals surface area contributed by atoms with Crippen molar-refractivity contribution in [3.8, 4) is 0 Å². The molecule has 0 atom stereocenters.